The number of carbonyl (C=O) groups excluding carboxylic acids is 1. The maximum Gasteiger partial charge on any atom is 0.209 e. The average molecular weight is 558 g/mol. The molecule has 2 N–H and O–H groups in total. The quantitative estimate of drug-likeness (QED) is 0.406. The number of hydrogen-bond acceptors (Lipinski definition) is 7. The van der Waals surface area contributed by atoms with Gasteiger partial charge in [-0.05, 0) is 87.6 Å². The number of carbonyl (C=O) groups is 1. The summed E-state index contributed by atoms with van der Waals surface area (Å²) in [5, 5.41) is 12.4. The van der Waals surface area contributed by atoms with E-state index in [4.69, 9.17) is 9.72 Å². The Labute approximate surface area is 242 Å². The van der Waals surface area contributed by atoms with Crippen molar-refractivity contribution in [3.63, 3.8) is 0 Å². The molecule has 4 fully saturated rings. The number of piperazine rings is 1. The van der Waals surface area contributed by atoms with E-state index in [2.05, 4.69) is 55.3 Å². The summed E-state index contributed by atoms with van der Waals surface area (Å²) in [6.45, 7) is 10.6. The van der Waals surface area contributed by atoms with E-state index in [0.29, 0.717) is 17.9 Å². The SMILES string of the molecule is CC1(Oc2ccc3[nH]nc(-c4ccnc(N5CCC(C6CC(CN7CCNCC7)CCN6C=O)CC5)c4)c3c2)CC1. The fourth-order valence-corrected chi connectivity index (χ4v) is 7.20. The molecule has 218 valence electrons. The Hall–Kier alpha value is -3.17. The fourth-order valence-electron chi connectivity index (χ4n) is 7.20. The van der Waals surface area contributed by atoms with Gasteiger partial charge in [0.05, 0.1) is 5.52 Å². The highest BCUT2D eigenvalue weighted by molar-refractivity contribution is 5.94. The van der Waals surface area contributed by atoms with Crippen LogP contribution < -0.4 is 15.0 Å². The number of H-pyrrole nitrogens is 1. The molecule has 1 aliphatic carbocycles. The van der Waals surface area contributed by atoms with Crippen molar-refractivity contribution in [2.24, 2.45) is 11.8 Å². The summed E-state index contributed by atoms with van der Waals surface area (Å²) in [5.74, 6) is 3.14. The maximum absolute atomic E-state index is 12.0. The molecule has 4 aliphatic rings. The monoisotopic (exact) mass is 557 g/mol. The molecule has 2 unspecified atom stereocenters. The van der Waals surface area contributed by atoms with Crippen molar-refractivity contribution in [1.29, 1.82) is 0 Å². The van der Waals surface area contributed by atoms with Crippen LogP contribution in [-0.4, -0.2) is 95.4 Å². The van der Waals surface area contributed by atoms with Gasteiger partial charge in [0.15, 0.2) is 0 Å². The Morgan fingerprint density at radius 2 is 1.88 bits per heavy atom. The molecule has 9 heteroatoms. The third kappa shape index (κ3) is 5.79. The van der Waals surface area contributed by atoms with E-state index in [1.807, 2.05) is 18.3 Å². The van der Waals surface area contributed by atoms with Gasteiger partial charge in [-0.25, -0.2) is 4.98 Å². The van der Waals surface area contributed by atoms with Crippen LogP contribution in [0.15, 0.2) is 36.5 Å². The first-order valence-corrected chi connectivity index (χ1v) is 15.6. The maximum atomic E-state index is 12.0. The molecule has 7 rings (SSSR count). The van der Waals surface area contributed by atoms with Crippen LogP contribution in [-0.2, 0) is 4.79 Å². The zero-order valence-corrected chi connectivity index (χ0v) is 24.2. The number of aromatic nitrogens is 3. The molecule has 3 aromatic rings. The number of likely N-dealkylation sites (tertiary alicyclic amines) is 1. The zero-order valence-electron chi connectivity index (χ0n) is 24.2. The number of ether oxygens (including phenoxy) is 1. The highest BCUT2D eigenvalue weighted by atomic mass is 16.5. The summed E-state index contributed by atoms with van der Waals surface area (Å²) in [7, 11) is 0. The lowest BCUT2D eigenvalue weighted by molar-refractivity contribution is -0.124. The number of fused-ring (bicyclic) bond motifs is 1. The Morgan fingerprint density at radius 1 is 1.05 bits per heavy atom. The summed E-state index contributed by atoms with van der Waals surface area (Å²) in [6, 6.07) is 10.8. The van der Waals surface area contributed by atoms with Crippen molar-refractivity contribution in [1.82, 2.24) is 30.3 Å². The second-order valence-corrected chi connectivity index (χ2v) is 12.9. The first-order valence-electron chi connectivity index (χ1n) is 15.6. The van der Waals surface area contributed by atoms with E-state index in [1.165, 1.54) is 6.54 Å². The van der Waals surface area contributed by atoms with Gasteiger partial charge in [0.25, 0.3) is 0 Å². The van der Waals surface area contributed by atoms with Gasteiger partial charge in [0, 0.05) is 75.5 Å². The van der Waals surface area contributed by atoms with Gasteiger partial charge in [-0.3, -0.25) is 9.89 Å². The number of nitrogens with zero attached hydrogens (tertiary/aromatic N) is 5. The standard InChI is InChI=1S/C32H43N7O2/c1-32(8-9-32)41-26-2-3-28-27(20-26)31(36-35-28)25-4-10-34-30(19-25)38-14-6-24(7-15-38)29-18-23(5-13-39(29)22-40)21-37-16-11-33-12-17-37/h2-4,10,19-20,22-24,29,33H,5-9,11-18,21H2,1H3,(H,35,36). The van der Waals surface area contributed by atoms with Crippen molar-refractivity contribution in [2.75, 3.05) is 57.3 Å². The number of pyridine rings is 1. The average Bonchev–Trinajstić information content (AvgIpc) is 3.59. The Balaban J connectivity index is 1.02. The number of piperidine rings is 2. The second kappa shape index (κ2) is 11.2. The molecule has 1 amide bonds. The predicted octanol–water partition coefficient (Wildman–Crippen LogP) is 3.91. The lowest BCUT2D eigenvalue weighted by Crippen LogP contribution is -2.52. The van der Waals surface area contributed by atoms with Crippen molar-refractivity contribution in [3.05, 3.63) is 36.5 Å². The number of amides is 1. The number of anilines is 1. The molecular weight excluding hydrogens is 514 g/mol. The van der Waals surface area contributed by atoms with Crippen LogP contribution in [0.25, 0.3) is 22.2 Å². The summed E-state index contributed by atoms with van der Waals surface area (Å²) < 4.78 is 6.23. The molecule has 0 spiro atoms. The minimum Gasteiger partial charge on any atom is -0.488 e. The summed E-state index contributed by atoms with van der Waals surface area (Å²) >= 11 is 0. The van der Waals surface area contributed by atoms with Crippen LogP contribution in [0.3, 0.4) is 0 Å². The molecule has 3 saturated heterocycles. The van der Waals surface area contributed by atoms with Crippen molar-refractivity contribution in [2.45, 2.75) is 57.1 Å². The van der Waals surface area contributed by atoms with E-state index < -0.39 is 0 Å². The first kappa shape index (κ1) is 26.7. The van der Waals surface area contributed by atoms with Gasteiger partial charge in [-0.2, -0.15) is 5.10 Å². The minimum atomic E-state index is -0.0140. The Morgan fingerprint density at radius 3 is 2.66 bits per heavy atom. The van der Waals surface area contributed by atoms with Gasteiger partial charge < -0.3 is 24.8 Å². The number of benzene rings is 1. The molecule has 9 nitrogen and oxygen atoms in total. The topological polar surface area (TPSA) is 89.6 Å². The Kier molecular flexibility index (Phi) is 7.33. The third-order valence-electron chi connectivity index (χ3n) is 9.94. The highest BCUT2D eigenvalue weighted by Gasteiger charge is 2.40. The van der Waals surface area contributed by atoms with Crippen LogP contribution in [0.1, 0.15) is 45.4 Å². The summed E-state index contributed by atoms with van der Waals surface area (Å²) in [6.07, 6.45) is 9.68. The van der Waals surface area contributed by atoms with Gasteiger partial charge in [-0.15, -0.1) is 0 Å². The molecule has 5 heterocycles. The predicted molar refractivity (Wildman–Crippen MR) is 161 cm³/mol. The van der Waals surface area contributed by atoms with Crippen molar-refractivity contribution < 1.29 is 9.53 Å². The lowest BCUT2D eigenvalue weighted by atomic mass is 9.79. The minimum absolute atomic E-state index is 0.0140. The zero-order chi connectivity index (χ0) is 27.8. The van der Waals surface area contributed by atoms with E-state index in [0.717, 1.165) is 124 Å². The molecule has 1 aromatic carbocycles. The molecule has 41 heavy (non-hydrogen) atoms. The third-order valence-corrected chi connectivity index (χ3v) is 9.94. The van der Waals surface area contributed by atoms with E-state index in [9.17, 15) is 4.79 Å². The van der Waals surface area contributed by atoms with Crippen LogP contribution in [0.4, 0.5) is 5.82 Å². The van der Waals surface area contributed by atoms with Gasteiger partial charge >= 0.3 is 0 Å². The second-order valence-electron chi connectivity index (χ2n) is 12.9. The Bertz CT molecular complexity index is 1360. The van der Waals surface area contributed by atoms with E-state index in [1.54, 1.807) is 0 Å². The fraction of sp³-hybridized carbons (Fsp3) is 0.594. The van der Waals surface area contributed by atoms with Gasteiger partial charge in [-0.1, -0.05) is 0 Å². The number of rotatable bonds is 8. The number of aromatic amines is 1. The first-order chi connectivity index (χ1) is 20.1. The largest absolute Gasteiger partial charge is 0.488 e. The van der Waals surface area contributed by atoms with E-state index >= 15 is 0 Å². The molecule has 3 aliphatic heterocycles. The summed E-state index contributed by atoms with van der Waals surface area (Å²) in [5.41, 5.74) is 2.99. The molecule has 1 saturated carbocycles. The van der Waals surface area contributed by atoms with Crippen LogP contribution in [0, 0.1) is 11.8 Å². The van der Waals surface area contributed by atoms with Crippen LogP contribution in [0.2, 0.25) is 0 Å². The summed E-state index contributed by atoms with van der Waals surface area (Å²) in [4.78, 5) is 23.9. The van der Waals surface area contributed by atoms with Crippen LogP contribution in [0.5, 0.6) is 5.75 Å². The van der Waals surface area contributed by atoms with Crippen LogP contribution >= 0.6 is 0 Å². The highest BCUT2D eigenvalue weighted by Crippen LogP contribution is 2.41. The number of nitrogens with one attached hydrogen (secondary N) is 2. The smallest absolute Gasteiger partial charge is 0.209 e. The van der Waals surface area contributed by atoms with E-state index in [-0.39, 0.29) is 5.60 Å². The molecule has 0 bridgehead atoms. The van der Waals surface area contributed by atoms with Gasteiger partial charge in [0.2, 0.25) is 6.41 Å². The molecule has 2 atom stereocenters. The molecular formula is C32H43N7O2. The molecule has 0 radical (unpaired) electrons. The number of hydrogen-bond donors (Lipinski definition) is 2. The van der Waals surface area contributed by atoms with Gasteiger partial charge in [0.1, 0.15) is 22.9 Å². The van der Waals surface area contributed by atoms with Crippen molar-refractivity contribution in [3.8, 4) is 17.0 Å². The normalized spacial score (nSPS) is 25.4. The van der Waals surface area contributed by atoms with Crippen molar-refractivity contribution >= 4 is 23.1 Å². The molecule has 2 aromatic heterocycles. The lowest BCUT2D eigenvalue weighted by Gasteiger charge is -2.45.